The number of hydrogen-bond donors (Lipinski definition) is 1. The zero-order valence-corrected chi connectivity index (χ0v) is 17.4. The first-order chi connectivity index (χ1) is 14.0. The van der Waals surface area contributed by atoms with Gasteiger partial charge >= 0.3 is 0 Å². The van der Waals surface area contributed by atoms with Gasteiger partial charge in [-0.05, 0) is 57.7 Å². The summed E-state index contributed by atoms with van der Waals surface area (Å²) in [6.45, 7) is 5.44. The Labute approximate surface area is 172 Å². The van der Waals surface area contributed by atoms with Crippen LogP contribution in [0.1, 0.15) is 83.3 Å². The molecule has 0 spiro atoms. The summed E-state index contributed by atoms with van der Waals surface area (Å²) in [7, 11) is 0. The van der Waals surface area contributed by atoms with Gasteiger partial charge in [0.25, 0.3) is 11.8 Å². The summed E-state index contributed by atoms with van der Waals surface area (Å²) in [4.78, 5) is 27.2. The van der Waals surface area contributed by atoms with Crippen molar-refractivity contribution in [3.05, 3.63) is 47.2 Å². The Kier molecular flexibility index (Phi) is 5.79. The number of piperidine rings is 1. The molecule has 0 atom stereocenters. The van der Waals surface area contributed by atoms with Crippen LogP contribution in [0.3, 0.4) is 0 Å². The average Bonchev–Trinajstić information content (AvgIpc) is 3.37. The van der Waals surface area contributed by atoms with Gasteiger partial charge in [-0.2, -0.15) is 0 Å². The van der Waals surface area contributed by atoms with Crippen LogP contribution in [0.15, 0.2) is 28.9 Å². The summed E-state index contributed by atoms with van der Waals surface area (Å²) in [6, 6.07) is 6.08. The highest BCUT2D eigenvalue weighted by atomic mass is 16.3. The van der Waals surface area contributed by atoms with E-state index in [2.05, 4.69) is 23.7 Å². The van der Waals surface area contributed by atoms with Crippen molar-refractivity contribution >= 4 is 11.8 Å². The Hall–Kier alpha value is -2.50. The van der Waals surface area contributed by atoms with E-state index in [0.29, 0.717) is 24.9 Å². The molecule has 0 radical (unpaired) electrons. The maximum Gasteiger partial charge on any atom is 0.289 e. The van der Waals surface area contributed by atoms with Gasteiger partial charge in [0.05, 0.1) is 11.8 Å². The molecule has 2 aromatic rings. The average molecular weight is 398 g/mol. The lowest BCUT2D eigenvalue weighted by molar-refractivity contribution is 0.0667. The van der Waals surface area contributed by atoms with Crippen molar-refractivity contribution in [2.45, 2.75) is 70.9 Å². The van der Waals surface area contributed by atoms with Crippen molar-refractivity contribution in [3.8, 4) is 0 Å². The highest BCUT2D eigenvalue weighted by Crippen LogP contribution is 2.32. The van der Waals surface area contributed by atoms with Crippen molar-refractivity contribution in [2.24, 2.45) is 0 Å². The topological polar surface area (TPSA) is 67.5 Å². The lowest BCUT2D eigenvalue weighted by Crippen LogP contribution is -2.46. The number of hydrogen-bond acceptors (Lipinski definition) is 3. The minimum absolute atomic E-state index is 0.0102. The standard InChI is InChI=1S/C23H31N3O3/c1-16-15-20(17(2)26(16)19-7-4-3-5-8-19)22(27)24-18-10-12-25(13-11-18)23(28)21-9-6-14-29-21/h6,9,14-15,18-19H,3-5,7-8,10-13H2,1-2H3,(H,24,27). The van der Waals surface area contributed by atoms with Crippen LogP contribution in [0.5, 0.6) is 0 Å². The van der Waals surface area contributed by atoms with E-state index in [0.717, 1.165) is 24.1 Å². The molecule has 1 saturated carbocycles. The minimum Gasteiger partial charge on any atom is -0.459 e. The maximum absolute atomic E-state index is 13.0. The molecule has 3 heterocycles. The van der Waals surface area contributed by atoms with Gasteiger partial charge in [0.2, 0.25) is 0 Å². The van der Waals surface area contributed by atoms with Gasteiger partial charge in [-0.15, -0.1) is 0 Å². The zero-order chi connectivity index (χ0) is 20.4. The van der Waals surface area contributed by atoms with Gasteiger partial charge in [-0.25, -0.2) is 0 Å². The third-order valence-corrected chi connectivity index (χ3v) is 6.52. The summed E-state index contributed by atoms with van der Waals surface area (Å²) in [5.74, 6) is 0.314. The summed E-state index contributed by atoms with van der Waals surface area (Å²) >= 11 is 0. The molecule has 2 amide bonds. The fraction of sp³-hybridized carbons (Fsp3) is 0.565. The van der Waals surface area contributed by atoms with Crippen LogP contribution in [-0.4, -0.2) is 40.4 Å². The number of carbonyl (C=O) groups excluding carboxylic acids is 2. The highest BCUT2D eigenvalue weighted by molar-refractivity contribution is 5.96. The van der Waals surface area contributed by atoms with Crippen molar-refractivity contribution in [1.29, 1.82) is 0 Å². The van der Waals surface area contributed by atoms with Crippen LogP contribution >= 0.6 is 0 Å². The number of nitrogens with zero attached hydrogens (tertiary/aromatic N) is 2. The van der Waals surface area contributed by atoms with Gasteiger partial charge < -0.3 is 19.2 Å². The van der Waals surface area contributed by atoms with Crippen molar-refractivity contribution in [1.82, 2.24) is 14.8 Å². The van der Waals surface area contributed by atoms with Crippen LogP contribution in [-0.2, 0) is 0 Å². The highest BCUT2D eigenvalue weighted by Gasteiger charge is 2.28. The van der Waals surface area contributed by atoms with E-state index in [-0.39, 0.29) is 17.9 Å². The van der Waals surface area contributed by atoms with E-state index in [1.807, 2.05) is 6.07 Å². The first kappa shape index (κ1) is 19.8. The number of furan rings is 1. The molecule has 6 heteroatoms. The first-order valence-electron chi connectivity index (χ1n) is 10.9. The van der Waals surface area contributed by atoms with Crippen LogP contribution in [0.4, 0.5) is 0 Å². The number of aromatic nitrogens is 1. The van der Waals surface area contributed by atoms with E-state index >= 15 is 0 Å². The van der Waals surface area contributed by atoms with Gasteiger partial charge in [0, 0.05) is 36.6 Å². The third kappa shape index (κ3) is 4.11. The van der Waals surface area contributed by atoms with E-state index in [9.17, 15) is 9.59 Å². The van der Waals surface area contributed by atoms with E-state index in [4.69, 9.17) is 4.42 Å². The molecule has 1 aliphatic heterocycles. The number of likely N-dealkylation sites (tertiary alicyclic amines) is 1. The van der Waals surface area contributed by atoms with Gasteiger partial charge in [0.15, 0.2) is 5.76 Å². The Morgan fingerprint density at radius 1 is 1.07 bits per heavy atom. The molecule has 1 aliphatic carbocycles. The van der Waals surface area contributed by atoms with E-state index in [1.165, 1.54) is 44.1 Å². The molecule has 0 aromatic carbocycles. The molecule has 1 saturated heterocycles. The summed E-state index contributed by atoms with van der Waals surface area (Å²) < 4.78 is 7.58. The Morgan fingerprint density at radius 2 is 1.79 bits per heavy atom. The molecule has 6 nitrogen and oxygen atoms in total. The lowest BCUT2D eigenvalue weighted by atomic mass is 9.95. The fourth-order valence-electron chi connectivity index (χ4n) is 4.95. The second-order valence-corrected chi connectivity index (χ2v) is 8.46. The molecule has 156 valence electrons. The fourth-order valence-corrected chi connectivity index (χ4v) is 4.95. The van der Waals surface area contributed by atoms with Gasteiger partial charge in [-0.1, -0.05) is 19.3 Å². The molecule has 29 heavy (non-hydrogen) atoms. The number of rotatable bonds is 4. The van der Waals surface area contributed by atoms with Crippen LogP contribution in [0.25, 0.3) is 0 Å². The van der Waals surface area contributed by atoms with E-state index in [1.54, 1.807) is 17.0 Å². The molecule has 0 bridgehead atoms. The van der Waals surface area contributed by atoms with Crippen LogP contribution in [0.2, 0.25) is 0 Å². The smallest absolute Gasteiger partial charge is 0.289 e. The van der Waals surface area contributed by atoms with Crippen LogP contribution < -0.4 is 5.32 Å². The predicted octanol–water partition coefficient (Wildman–Crippen LogP) is 4.24. The molecule has 4 rings (SSSR count). The number of nitrogens with one attached hydrogen (secondary N) is 1. The van der Waals surface area contributed by atoms with Crippen molar-refractivity contribution in [2.75, 3.05) is 13.1 Å². The summed E-state index contributed by atoms with van der Waals surface area (Å²) in [5, 5.41) is 3.20. The third-order valence-electron chi connectivity index (χ3n) is 6.52. The van der Waals surface area contributed by atoms with Gasteiger partial charge in [-0.3, -0.25) is 9.59 Å². The quantitative estimate of drug-likeness (QED) is 0.839. The second kappa shape index (κ2) is 8.47. The molecule has 2 fully saturated rings. The monoisotopic (exact) mass is 397 g/mol. The largest absolute Gasteiger partial charge is 0.459 e. The first-order valence-corrected chi connectivity index (χ1v) is 10.9. The zero-order valence-electron chi connectivity index (χ0n) is 17.4. The summed E-state index contributed by atoms with van der Waals surface area (Å²) in [5.41, 5.74) is 3.05. The van der Waals surface area contributed by atoms with Crippen LogP contribution in [0, 0.1) is 13.8 Å². The lowest BCUT2D eigenvalue weighted by Gasteiger charge is -2.32. The summed E-state index contributed by atoms with van der Waals surface area (Å²) in [6.07, 6.45) is 9.34. The number of carbonyl (C=O) groups is 2. The number of amides is 2. The Bertz CT molecular complexity index is 854. The Morgan fingerprint density at radius 3 is 2.45 bits per heavy atom. The maximum atomic E-state index is 13.0. The second-order valence-electron chi connectivity index (χ2n) is 8.46. The van der Waals surface area contributed by atoms with Gasteiger partial charge in [0.1, 0.15) is 0 Å². The molecule has 0 unspecified atom stereocenters. The molecule has 2 aliphatic rings. The normalized spacial score (nSPS) is 18.8. The van der Waals surface area contributed by atoms with E-state index < -0.39 is 0 Å². The predicted molar refractivity (Wildman–Crippen MR) is 111 cm³/mol. The molecule has 1 N–H and O–H groups in total. The number of aryl methyl sites for hydroxylation is 1. The molecular weight excluding hydrogens is 366 g/mol. The van der Waals surface area contributed by atoms with Crippen molar-refractivity contribution < 1.29 is 14.0 Å². The van der Waals surface area contributed by atoms with Crippen molar-refractivity contribution in [3.63, 3.8) is 0 Å². The molecular formula is C23H31N3O3. The minimum atomic E-state index is -0.0733. The Balaban J connectivity index is 1.36. The SMILES string of the molecule is Cc1cc(C(=O)NC2CCN(C(=O)c3ccco3)CC2)c(C)n1C1CCCCC1. The molecule has 2 aromatic heterocycles.